The lowest BCUT2D eigenvalue weighted by atomic mass is 10.1. The van der Waals surface area contributed by atoms with Gasteiger partial charge in [0.1, 0.15) is 13.1 Å². The van der Waals surface area contributed by atoms with Crippen molar-refractivity contribution < 1.29 is 24.6 Å². The quantitative estimate of drug-likeness (QED) is 0.604. The molecule has 2 amide bonds. The third-order valence-electron chi connectivity index (χ3n) is 3.07. The van der Waals surface area contributed by atoms with E-state index in [4.69, 9.17) is 10.2 Å². The summed E-state index contributed by atoms with van der Waals surface area (Å²) < 4.78 is 0. The number of carbonyl (C=O) groups excluding carboxylic acids is 1. The Morgan fingerprint density at radius 1 is 1.21 bits per heavy atom. The number of nitrogens with one attached hydrogen (secondary N) is 1. The zero-order chi connectivity index (χ0) is 14.4. The number of nitrogens with zero attached hydrogens (tertiary/aromatic N) is 1. The first-order valence-corrected chi connectivity index (χ1v) is 6.41. The number of urea groups is 1. The monoisotopic (exact) mass is 272 g/mol. The first-order chi connectivity index (χ1) is 8.92. The summed E-state index contributed by atoms with van der Waals surface area (Å²) in [4.78, 5) is 33.9. The second-order valence-electron chi connectivity index (χ2n) is 4.88. The van der Waals surface area contributed by atoms with E-state index in [1.807, 2.05) is 6.92 Å². The number of carboxylic acid groups (broad SMARTS) is 2. The molecule has 0 aromatic rings. The number of carboxylic acids is 2. The Balaban J connectivity index is 2.52. The molecule has 19 heavy (non-hydrogen) atoms. The fourth-order valence-electron chi connectivity index (χ4n) is 1.88. The van der Waals surface area contributed by atoms with E-state index >= 15 is 0 Å². The molecule has 0 aliphatic heterocycles. The van der Waals surface area contributed by atoms with E-state index in [0.717, 1.165) is 17.7 Å². The Labute approximate surface area is 111 Å². The molecule has 1 aliphatic carbocycles. The van der Waals surface area contributed by atoms with Gasteiger partial charge in [-0.05, 0) is 18.8 Å². The number of carbonyl (C=O) groups is 3. The summed E-state index contributed by atoms with van der Waals surface area (Å²) in [6, 6.07) is -0.651. The van der Waals surface area contributed by atoms with Crippen molar-refractivity contribution in [3.8, 4) is 0 Å². The van der Waals surface area contributed by atoms with Crippen molar-refractivity contribution in [3.63, 3.8) is 0 Å². The maximum atomic E-state index is 11.9. The van der Waals surface area contributed by atoms with Gasteiger partial charge in [-0.25, -0.2) is 4.79 Å². The number of aliphatic carboxylic acids is 2. The van der Waals surface area contributed by atoms with Crippen LogP contribution >= 0.6 is 0 Å². The third-order valence-corrected chi connectivity index (χ3v) is 3.07. The van der Waals surface area contributed by atoms with Gasteiger partial charge in [-0.15, -0.1) is 0 Å². The average Bonchev–Trinajstić information content (AvgIpc) is 3.09. The maximum Gasteiger partial charge on any atom is 0.323 e. The molecule has 1 fully saturated rings. The lowest BCUT2D eigenvalue weighted by Gasteiger charge is -2.23. The van der Waals surface area contributed by atoms with Gasteiger partial charge in [0.25, 0.3) is 0 Å². The molecule has 0 aromatic heterocycles. The summed E-state index contributed by atoms with van der Waals surface area (Å²) in [6.07, 6.45) is 3.95. The van der Waals surface area contributed by atoms with Crippen LogP contribution in [-0.2, 0) is 9.59 Å². The predicted octanol–water partition coefficient (Wildman–Crippen LogP) is 0.746. The molecule has 108 valence electrons. The molecule has 1 aliphatic rings. The number of hydrogen-bond donors (Lipinski definition) is 3. The van der Waals surface area contributed by atoms with Gasteiger partial charge in [0, 0.05) is 6.04 Å². The summed E-state index contributed by atoms with van der Waals surface area (Å²) >= 11 is 0. The van der Waals surface area contributed by atoms with Crippen LogP contribution in [0.4, 0.5) is 4.79 Å². The van der Waals surface area contributed by atoms with E-state index in [2.05, 4.69) is 5.32 Å². The molecule has 1 saturated carbocycles. The van der Waals surface area contributed by atoms with Gasteiger partial charge >= 0.3 is 18.0 Å². The fourth-order valence-corrected chi connectivity index (χ4v) is 1.88. The second-order valence-corrected chi connectivity index (χ2v) is 4.88. The molecular formula is C12H20N2O5. The molecule has 0 bridgehead atoms. The largest absolute Gasteiger partial charge is 0.480 e. The van der Waals surface area contributed by atoms with Gasteiger partial charge in [0.15, 0.2) is 0 Å². The molecule has 0 aromatic carbocycles. The molecular weight excluding hydrogens is 252 g/mol. The first-order valence-electron chi connectivity index (χ1n) is 6.41. The Hall–Kier alpha value is -1.79. The van der Waals surface area contributed by atoms with Gasteiger partial charge in [-0.2, -0.15) is 0 Å². The van der Waals surface area contributed by atoms with Crippen LogP contribution in [0.25, 0.3) is 0 Å². The summed E-state index contributed by atoms with van der Waals surface area (Å²) in [5.74, 6) is -1.82. The molecule has 0 spiro atoms. The van der Waals surface area contributed by atoms with Crippen molar-refractivity contribution in [2.75, 3.05) is 13.1 Å². The SMILES string of the molecule is CCC(CC1CC1)NC(=O)N(CC(=O)O)CC(=O)O. The standard InChI is InChI=1S/C12H20N2O5/c1-2-9(5-8-3-4-8)13-12(19)14(6-10(15)16)7-11(17)18/h8-9H,2-7H2,1H3,(H,13,19)(H,15,16)(H,17,18). The molecule has 0 saturated heterocycles. The van der Waals surface area contributed by atoms with Crippen LogP contribution in [0.15, 0.2) is 0 Å². The molecule has 0 radical (unpaired) electrons. The Bertz CT molecular complexity index is 338. The normalized spacial score (nSPS) is 15.6. The average molecular weight is 272 g/mol. The summed E-state index contributed by atoms with van der Waals surface area (Å²) in [7, 11) is 0. The van der Waals surface area contributed by atoms with Crippen LogP contribution in [-0.4, -0.2) is 52.2 Å². The highest BCUT2D eigenvalue weighted by Gasteiger charge is 2.27. The minimum atomic E-state index is -1.23. The highest BCUT2D eigenvalue weighted by atomic mass is 16.4. The number of hydrogen-bond acceptors (Lipinski definition) is 3. The molecule has 1 rings (SSSR count). The van der Waals surface area contributed by atoms with Gasteiger partial charge in [0.2, 0.25) is 0 Å². The van der Waals surface area contributed by atoms with Crippen LogP contribution in [0.2, 0.25) is 0 Å². The van der Waals surface area contributed by atoms with Crippen molar-refractivity contribution in [3.05, 3.63) is 0 Å². The smallest absolute Gasteiger partial charge is 0.323 e. The highest BCUT2D eigenvalue weighted by molar-refractivity contribution is 5.84. The minimum absolute atomic E-state index is 0.0231. The van der Waals surface area contributed by atoms with Crippen molar-refractivity contribution in [1.82, 2.24) is 10.2 Å². The zero-order valence-corrected chi connectivity index (χ0v) is 11.0. The van der Waals surface area contributed by atoms with Gasteiger partial charge in [-0.3, -0.25) is 9.59 Å². The topological polar surface area (TPSA) is 107 Å². The van der Waals surface area contributed by atoms with Crippen molar-refractivity contribution in [1.29, 1.82) is 0 Å². The van der Waals surface area contributed by atoms with E-state index in [0.29, 0.717) is 5.92 Å². The highest BCUT2D eigenvalue weighted by Crippen LogP contribution is 2.34. The van der Waals surface area contributed by atoms with E-state index in [-0.39, 0.29) is 6.04 Å². The molecule has 0 heterocycles. The second kappa shape index (κ2) is 6.96. The minimum Gasteiger partial charge on any atom is -0.480 e. The van der Waals surface area contributed by atoms with E-state index in [1.54, 1.807) is 0 Å². The lowest BCUT2D eigenvalue weighted by molar-refractivity contribution is -0.140. The summed E-state index contributed by atoms with van der Waals surface area (Å²) in [5, 5.41) is 20.1. The van der Waals surface area contributed by atoms with Crippen molar-refractivity contribution >= 4 is 18.0 Å². The van der Waals surface area contributed by atoms with Crippen molar-refractivity contribution in [2.45, 2.75) is 38.6 Å². The molecule has 1 atom stereocenters. The van der Waals surface area contributed by atoms with Crippen LogP contribution in [0, 0.1) is 5.92 Å². The lowest BCUT2D eigenvalue weighted by Crippen LogP contribution is -2.48. The van der Waals surface area contributed by atoms with Crippen LogP contribution in [0.5, 0.6) is 0 Å². The Morgan fingerprint density at radius 2 is 1.74 bits per heavy atom. The number of rotatable bonds is 8. The summed E-state index contributed by atoms with van der Waals surface area (Å²) in [5.41, 5.74) is 0. The van der Waals surface area contributed by atoms with E-state index in [1.165, 1.54) is 12.8 Å². The van der Waals surface area contributed by atoms with Crippen LogP contribution in [0.1, 0.15) is 32.6 Å². The van der Waals surface area contributed by atoms with Gasteiger partial charge < -0.3 is 20.4 Å². The molecule has 3 N–H and O–H groups in total. The maximum absolute atomic E-state index is 11.9. The van der Waals surface area contributed by atoms with E-state index < -0.39 is 31.1 Å². The molecule has 7 heteroatoms. The first kappa shape index (κ1) is 15.3. The predicted molar refractivity (Wildman–Crippen MR) is 66.8 cm³/mol. The van der Waals surface area contributed by atoms with Gasteiger partial charge in [-0.1, -0.05) is 19.8 Å². The molecule has 1 unspecified atom stereocenters. The summed E-state index contributed by atoms with van der Waals surface area (Å²) in [6.45, 7) is 0.710. The Kier molecular flexibility index (Phi) is 5.59. The molecule has 7 nitrogen and oxygen atoms in total. The zero-order valence-electron chi connectivity index (χ0n) is 11.0. The number of amides is 2. The Morgan fingerprint density at radius 3 is 2.11 bits per heavy atom. The van der Waals surface area contributed by atoms with Crippen LogP contribution in [0.3, 0.4) is 0 Å². The third kappa shape index (κ3) is 6.08. The van der Waals surface area contributed by atoms with Gasteiger partial charge in [0.05, 0.1) is 0 Å². The van der Waals surface area contributed by atoms with Crippen molar-refractivity contribution in [2.24, 2.45) is 5.92 Å². The van der Waals surface area contributed by atoms with E-state index in [9.17, 15) is 14.4 Å². The fraction of sp³-hybridized carbons (Fsp3) is 0.750. The van der Waals surface area contributed by atoms with Crippen LogP contribution < -0.4 is 5.32 Å².